The number of thiophene rings is 1. The minimum absolute atomic E-state index is 0.0164. The van der Waals surface area contributed by atoms with Crippen LogP contribution >= 0.6 is 22.9 Å². The average molecular weight is 777 g/mol. The third kappa shape index (κ3) is 5.22. The fraction of sp³-hybridized carbons (Fsp3) is 0.459. The minimum atomic E-state index is -0.964. The SMILES string of the molecule is CC(C)C1N(C(=O)n2cncn2)CC12CCN(c1nc(OC[C@@]34CCCN3C[C@H](F)C4)nc3c(F)c(-c4ccc(F)c5sc(N)c(C#N)c45)c(Cl)cc13)C2. The Morgan fingerprint density at radius 3 is 2.81 bits per heavy atom. The summed E-state index contributed by atoms with van der Waals surface area (Å²) in [5.74, 6) is -0.842. The number of halogens is 4. The molecule has 2 unspecified atom stereocenters. The van der Waals surface area contributed by atoms with E-state index in [1.165, 1.54) is 29.5 Å². The number of carbonyl (C=O) groups is 1. The van der Waals surface area contributed by atoms with E-state index in [0.29, 0.717) is 43.8 Å². The fourth-order valence-corrected chi connectivity index (χ4v) is 11.0. The molecule has 4 aliphatic heterocycles. The third-order valence-electron chi connectivity index (χ3n) is 11.9. The van der Waals surface area contributed by atoms with E-state index in [1.54, 1.807) is 6.07 Å². The Morgan fingerprint density at radius 2 is 2.06 bits per heavy atom. The van der Waals surface area contributed by atoms with Crippen molar-refractivity contribution in [2.45, 2.75) is 57.3 Å². The normalized spacial score (nSPS) is 25.3. The van der Waals surface area contributed by atoms with E-state index in [4.69, 9.17) is 27.1 Å². The van der Waals surface area contributed by atoms with Gasteiger partial charge in [-0.15, -0.1) is 11.3 Å². The summed E-state index contributed by atoms with van der Waals surface area (Å²) in [6, 6.07) is 5.81. The second-order valence-corrected chi connectivity index (χ2v) is 16.8. The number of hydrogen-bond donors (Lipinski definition) is 1. The minimum Gasteiger partial charge on any atom is -0.461 e. The summed E-state index contributed by atoms with van der Waals surface area (Å²) in [4.78, 5) is 32.8. The molecular weight excluding hydrogens is 741 g/mol. The van der Waals surface area contributed by atoms with Crippen LogP contribution in [0.5, 0.6) is 6.01 Å². The van der Waals surface area contributed by atoms with Gasteiger partial charge in [-0.2, -0.15) is 25.0 Å². The van der Waals surface area contributed by atoms with Crippen LogP contribution in [0.2, 0.25) is 5.02 Å². The van der Waals surface area contributed by atoms with E-state index in [-0.39, 0.29) is 78.3 Å². The van der Waals surface area contributed by atoms with E-state index >= 15 is 8.78 Å². The van der Waals surface area contributed by atoms with Gasteiger partial charge in [0.05, 0.1) is 20.8 Å². The van der Waals surface area contributed by atoms with Crippen LogP contribution in [0, 0.1) is 34.3 Å². The summed E-state index contributed by atoms with van der Waals surface area (Å²) in [6.45, 7) is 6.99. The molecule has 7 heterocycles. The van der Waals surface area contributed by atoms with Gasteiger partial charge in [0.15, 0.2) is 5.82 Å². The molecule has 280 valence electrons. The molecule has 17 heteroatoms. The van der Waals surface area contributed by atoms with Crippen LogP contribution < -0.4 is 15.4 Å². The monoisotopic (exact) mass is 776 g/mol. The molecule has 0 saturated carbocycles. The average Bonchev–Trinajstić information content (AvgIpc) is 3.96. The molecule has 12 nitrogen and oxygen atoms in total. The van der Waals surface area contributed by atoms with E-state index < -0.39 is 23.3 Å². The van der Waals surface area contributed by atoms with Gasteiger partial charge in [-0.1, -0.05) is 31.5 Å². The number of nitriles is 1. The second kappa shape index (κ2) is 12.7. The Balaban J connectivity index is 1.14. The van der Waals surface area contributed by atoms with Crippen molar-refractivity contribution in [3.8, 4) is 23.2 Å². The topological polar surface area (TPSA) is 142 Å². The zero-order chi connectivity index (χ0) is 37.7. The summed E-state index contributed by atoms with van der Waals surface area (Å²) >= 11 is 7.85. The van der Waals surface area contributed by atoms with E-state index in [1.807, 2.05) is 11.0 Å². The molecule has 5 aromatic rings. The number of nitrogens with two attached hydrogens (primary N) is 1. The first kappa shape index (κ1) is 35.0. The smallest absolute Gasteiger partial charge is 0.346 e. The van der Waals surface area contributed by atoms with Crippen LogP contribution in [-0.2, 0) is 0 Å². The third-order valence-corrected chi connectivity index (χ3v) is 13.2. The van der Waals surface area contributed by atoms with Gasteiger partial charge < -0.3 is 20.3 Å². The van der Waals surface area contributed by atoms with Crippen LogP contribution in [0.25, 0.3) is 32.1 Å². The summed E-state index contributed by atoms with van der Waals surface area (Å²) in [6.07, 6.45) is 4.52. The lowest BCUT2D eigenvalue weighted by Gasteiger charge is -2.57. The molecule has 54 heavy (non-hydrogen) atoms. The molecule has 1 spiro atoms. The number of benzene rings is 2. The number of amides is 1. The highest BCUT2D eigenvalue weighted by Crippen LogP contribution is 2.51. The Hall–Kier alpha value is -4.72. The first-order chi connectivity index (χ1) is 25.9. The highest BCUT2D eigenvalue weighted by molar-refractivity contribution is 7.23. The van der Waals surface area contributed by atoms with Crippen LogP contribution in [0.1, 0.15) is 45.1 Å². The van der Waals surface area contributed by atoms with Gasteiger partial charge in [0, 0.05) is 60.4 Å². The van der Waals surface area contributed by atoms with E-state index in [0.717, 1.165) is 37.1 Å². The van der Waals surface area contributed by atoms with Crippen molar-refractivity contribution in [2.75, 3.05) is 50.0 Å². The van der Waals surface area contributed by atoms with Crippen molar-refractivity contribution in [2.24, 2.45) is 11.3 Å². The van der Waals surface area contributed by atoms with Gasteiger partial charge in [0.25, 0.3) is 0 Å². The maximum atomic E-state index is 17.2. The highest BCUT2D eigenvalue weighted by atomic mass is 35.5. The number of nitrogens with zero attached hydrogens (tertiary/aromatic N) is 9. The van der Waals surface area contributed by atoms with Gasteiger partial charge in [0.1, 0.15) is 53.7 Å². The standard InChI is InChI=1S/C37H36ClF3N10O2S/c1-19(2)31-36(15-50(31)35(52)51-18-44-17-45-51)7-9-48(14-36)33-22-10-24(38)27(21-4-5-25(40)30-26(21)23(12-42)32(43)54-30)28(41)29(22)46-34(47-33)53-16-37-6-3-8-49(37)13-20(39)11-37/h4-5,10,17-20,31H,3,6-9,11,13-16,43H2,1-2H3/t20-,31?,36?,37+/m1/s1. The van der Waals surface area contributed by atoms with Crippen molar-refractivity contribution in [1.29, 1.82) is 5.26 Å². The van der Waals surface area contributed by atoms with Gasteiger partial charge in [-0.25, -0.2) is 22.9 Å². The molecule has 2 aromatic carbocycles. The van der Waals surface area contributed by atoms with Crippen LogP contribution in [-0.4, -0.2) is 97.6 Å². The number of nitrogen functional groups attached to an aromatic ring is 1. The number of ether oxygens (including phenoxy) is 1. The molecule has 0 radical (unpaired) electrons. The van der Waals surface area contributed by atoms with Gasteiger partial charge >= 0.3 is 12.0 Å². The predicted molar refractivity (Wildman–Crippen MR) is 198 cm³/mol. The van der Waals surface area contributed by atoms with Crippen molar-refractivity contribution < 1.29 is 22.7 Å². The fourth-order valence-electron chi connectivity index (χ4n) is 9.76. The van der Waals surface area contributed by atoms with Crippen molar-refractivity contribution in [1.82, 2.24) is 34.5 Å². The lowest BCUT2D eigenvalue weighted by atomic mass is 9.66. The molecule has 0 bridgehead atoms. The van der Waals surface area contributed by atoms with Crippen LogP contribution in [0.3, 0.4) is 0 Å². The molecule has 9 rings (SSSR count). The molecular formula is C37H36ClF3N10O2S. The Bertz CT molecular complexity index is 2390. The predicted octanol–water partition coefficient (Wildman–Crippen LogP) is 6.65. The van der Waals surface area contributed by atoms with E-state index in [9.17, 15) is 14.4 Å². The summed E-state index contributed by atoms with van der Waals surface area (Å²) in [7, 11) is 0. The zero-order valence-electron chi connectivity index (χ0n) is 29.5. The summed E-state index contributed by atoms with van der Waals surface area (Å²) in [5, 5.41) is 14.6. The Kier molecular flexibility index (Phi) is 8.22. The molecule has 0 aliphatic carbocycles. The first-order valence-electron chi connectivity index (χ1n) is 18.0. The Labute approximate surface area is 317 Å². The van der Waals surface area contributed by atoms with Crippen LogP contribution in [0.15, 0.2) is 30.9 Å². The van der Waals surface area contributed by atoms with Gasteiger partial charge in [-0.05, 0) is 49.4 Å². The van der Waals surface area contributed by atoms with Crippen molar-refractivity contribution in [3.63, 3.8) is 0 Å². The number of anilines is 2. The maximum absolute atomic E-state index is 17.2. The van der Waals surface area contributed by atoms with E-state index in [2.05, 4.69) is 38.7 Å². The first-order valence-corrected chi connectivity index (χ1v) is 19.2. The highest BCUT2D eigenvalue weighted by Gasteiger charge is 2.59. The molecule has 1 amide bonds. The number of aromatic nitrogens is 5. The quantitative estimate of drug-likeness (QED) is 0.199. The second-order valence-electron chi connectivity index (χ2n) is 15.4. The largest absolute Gasteiger partial charge is 0.461 e. The lowest BCUT2D eigenvalue weighted by molar-refractivity contribution is -0.0515. The van der Waals surface area contributed by atoms with Crippen molar-refractivity contribution >= 4 is 60.8 Å². The van der Waals surface area contributed by atoms with Crippen molar-refractivity contribution in [3.05, 3.63) is 53.1 Å². The number of hydrogen-bond acceptors (Lipinski definition) is 11. The molecule has 4 fully saturated rings. The number of rotatable bonds is 6. The molecule has 4 saturated heterocycles. The summed E-state index contributed by atoms with van der Waals surface area (Å²) < 4.78 is 54.6. The number of fused-ring (bicyclic) bond motifs is 3. The van der Waals surface area contributed by atoms with Crippen LogP contribution in [0.4, 0.5) is 28.8 Å². The molecule has 3 aromatic heterocycles. The zero-order valence-corrected chi connectivity index (χ0v) is 31.1. The molecule has 2 N–H and O–H groups in total. The molecule has 4 atom stereocenters. The van der Waals surface area contributed by atoms with Gasteiger partial charge in [0.2, 0.25) is 0 Å². The number of alkyl halides is 1. The maximum Gasteiger partial charge on any atom is 0.346 e. The summed E-state index contributed by atoms with van der Waals surface area (Å²) in [5.41, 5.74) is 5.44. The number of likely N-dealkylation sites (tertiary alicyclic amines) is 1. The van der Waals surface area contributed by atoms with Gasteiger partial charge in [-0.3, -0.25) is 4.90 Å². The molecule has 4 aliphatic rings. The Morgan fingerprint density at radius 1 is 1.22 bits per heavy atom. The number of carbonyl (C=O) groups excluding carboxylic acids is 1. The lowest BCUT2D eigenvalue weighted by Crippen LogP contribution is -2.69.